The van der Waals surface area contributed by atoms with Gasteiger partial charge < -0.3 is 14.9 Å². The fourth-order valence-corrected chi connectivity index (χ4v) is 3.79. The highest BCUT2D eigenvalue weighted by Gasteiger charge is 2.28. The number of rotatable bonds is 3. The Labute approximate surface area is 127 Å². The number of aliphatic hydroxyl groups excluding tert-OH is 1. The van der Waals surface area contributed by atoms with Crippen LogP contribution in [0.3, 0.4) is 0 Å². The van der Waals surface area contributed by atoms with Crippen LogP contribution in [0.2, 0.25) is 0 Å². The third-order valence-corrected chi connectivity index (χ3v) is 4.92. The Kier molecular flexibility index (Phi) is 4.03. The van der Waals surface area contributed by atoms with Gasteiger partial charge in [-0.2, -0.15) is 0 Å². The van der Waals surface area contributed by atoms with Gasteiger partial charge in [-0.1, -0.05) is 18.2 Å². The molecule has 1 aliphatic heterocycles. The first kappa shape index (κ1) is 14.2. The van der Waals surface area contributed by atoms with E-state index in [0.717, 1.165) is 24.2 Å². The molecule has 5 heteroatoms. The molecule has 0 amide bonds. The highest BCUT2D eigenvalue weighted by Crippen LogP contribution is 2.43. The van der Waals surface area contributed by atoms with E-state index in [0.29, 0.717) is 12.2 Å². The molecule has 1 unspecified atom stereocenters. The summed E-state index contributed by atoms with van der Waals surface area (Å²) >= 11 is 1.70. The summed E-state index contributed by atoms with van der Waals surface area (Å²) in [5.74, 6) is 0.539. The summed E-state index contributed by atoms with van der Waals surface area (Å²) in [5, 5.41) is 18.5. The van der Waals surface area contributed by atoms with E-state index in [9.17, 15) is 9.90 Å². The summed E-state index contributed by atoms with van der Waals surface area (Å²) in [6.07, 6.45) is 11.6. The van der Waals surface area contributed by atoms with E-state index in [2.05, 4.69) is 6.08 Å². The quantitative estimate of drug-likeness (QED) is 0.839. The third-order valence-electron chi connectivity index (χ3n) is 3.56. The van der Waals surface area contributed by atoms with Crippen molar-refractivity contribution in [3.8, 4) is 0 Å². The maximum absolute atomic E-state index is 11.2. The Bertz CT molecular complexity index is 622. The summed E-state index contributed by atoms with van der Waals surface area (Å²) in [6, 6.07) is 0. The van der Waals surface area contributed by atoms with Gasteiger partial charge in [0.2, 0.25) is 0 Å². The molecule has 0 spiro atoms. The summed E-state index contributed by atoms with van der Waals surface area (Å²) in [5.41, 5.74) is 1.09. The number of hydrogen-bond acceptors (Lipinski definition) is 4. The molecule has 110 valence electrons. The van der Waals surface area contributed by atoms with E-state index in [1.165, 1.54) is 4.91 Å². The van der Waals surface area contributed by atoms with E-state index in [-0.39, 0.29) is 17.4 Å². The molecule has 4 nitrogen and oxygen atoms in total. The summed E-state index contributed by atoms with van der Waals surface area (Å²) in [7, 11) is 0. The normalized spacial score (nSPS) is 24.0. The minimum atomic E-state index is -0.951. The van der Waals surface area contributed by atoms with Crippen molar-refractivity contribution in [2.75, 3.05) is 6.61 Å². The van der Waals surface area contributed by atoms with Crippen molar-refractivity contribution in [1.29, 1.82) is 0 Å². The summed E-state index contributed by atoms with van der Waals surface area (Å²) in [4.78, 5) is 12.4. The Morgan fingerprint density at radius 2 is 2.29 bits per heavy atom. The molecular weight excluding hydrogens is 288 g/mol. The number of aliphatic hydroxyl groups is 1. The van der Waals surface area contributed by atoms with Crippen LogP contribution in [-0.4, -0.2) is 28.0 Å². The molecule has 2 N–H and O–H groups in total. The molecule has 21 heavy (non-hydrogen) atoms. The van der Waals surface area contributed by atoms with Gasteiger partial charge in [0.25, 0.3) is 0 Å². The van der Waals surface area contributed by atoms with Crippen LogP contribution in [0.4, 0.5) is 0 Å². The number of hydrogen-bond donors (Lipinski definition) is 2. The lowest BCUT2D eigenvalue weighted by Crippen LogP contribution is -2.12. The van der Waals surface area contributed by atoms with Gasteiger partial charge in [0.05, 0.1) is 17.4 Å². The van der Waals surface area contributed by atoms with E-state index >= 15 is 0 Å². The molecular formula is C16H16O4S. The van der Waals surface area contributed by atoms with E-state index < -0.39 is 5.97 Å². The Balaban J connectivity index is 2.03. The lowest BCUT2D eigenvalue weighted by atomic mass is 9.99. The van der Waals surface area contributed by atoms with Crippen LogP contribution >= 0.6 is 11.8 Å². The van der Waals surface area contributed by atoms with Crippen molar-refractivity contribution in [2.45, 2.75) is 24.5 Å². The fourth-order valence-electron chi connectivity index (χ4n) is 2.54. The number of thioether (sulfide) groups is 1. The predicted octanol–water partition coefficient (Wildman–Crippen LogP) is 2.90. The zero-order valence-corrected chi connectivity index (χ0v) is 12.2. The number of fused-ring (bicyclic) bond motifs is 1. The second kappa shape index (κ2) is 5.95. The molecule has 0 radical (unpaired) electrons. The van der Waals surface area contributed by atoms with Gasteiger partial charge in [0, 0.05) is 16.9 Å². The molecule has 1 heterocycles. The highest BCUT2D eigenvalue weighted by atomic mass is 32.2. The van der Waals surface area contributed by atoms with Gasteiger partial charge >= 0.3 is 5.97 Å². The molecule has 0 aromatic carbocycles. The van der Waals surface area contributed by atoms with Gasteiger partial charge in [0.15, 0.2) is 0 Å². The topological polar surface area (TPSA) is 66.8 Å². The van der Waals surface area contributed by atoms with Crippen LogP contribution in [-0.2, 0) is 9.53 Å². The predicted molar refractivity (Wildman–Crippen MR) is 81.5 cm³/mol. The number of carboxylic acids is 1. The molecule has 0 saturated heterocycles. The second-order valence-corrected chi connectivity index (χ2v) is 6.22. The van der Waals surface area contributed by atoms with Gasteiger partial charge in [-0.25, -0.2) is 4.79 Å². The first-order valence-electron chi connectivity index (χ1n) is 6.90. The summed E-state index contributed by atoms with van der Waals surface area (Å²) in [6.45, 7) is -0.0253. The average molecular weight is 304 g/mol. The first-order valence-corrected chi connectivity index (χ1v) is 7.78. The van der Waals surface area contributed by atoms with Crippen molar-refractivity contribution in [3.63, 3.8) is 0 Å². The molecule has 3 aliphatic rings. The smallest absolute Gasteiger partial charge is 0.335 e. The SMILES string of the molecule is O=C(O)C1=CC2=C(CCO)OC3=C(CCC=C3)SC2C=C1. The molecule has 0 fully saturated rings. The average Bonchev–Trinajstić information content (AvgIpc) is 2.63. The molecule has 0 saturated carbocycles. The maximum Gasteiger partial charge on any atom is 0.335 e. The van der Waals surface area contributed by atoms with Crippen LogP contribution in [0.5, 0.6) is 0 Å². The molecule has 2 aliphatic carbocycles. The molecule has 1 atom stereocenters. The van der Waals surface area contributed by atoms with Gasteiger partial charge in [-0.05, 0) is 25.0 Å². The van der Waals surface area contributed by atoms with E-state index in [1.54, 1.807) is 23.9 Å². The number of allylic oxidation sites excluding steroid dienone is 4. The second-order valence-electron chi connectivity index (χ2n) is 4.99. The van der Waals surface area contributed by atoms with Crippen molar-refractivity contribution in [1.82, 2.24) is 0 Å². The largest absolute Gasteiger partial charge is 0.478 e. The van der Waals surface area contributed by atoms with Gasteiger partial charge in [0.1, 0.15) is 11.5 Å². The van der Waals surface area contributed by atoms with Crippen LogP contribution < -0.4 is 0 Å². The Morgan fingerprint density at radius 1 is 1.43 bits per heavy atom. The standard InChI is InChI=1S/C16H16O4S/c17-8-7-12-11-9-10(16(18)19)5-6-14(11)21-15-4-2-1-3-13(15)20-12/h1,3,5-6,9,14,17H,2,4,7-8H2,(H,18,19). The zero-order chi connectivity index (χ0) is 14.8. The maximum atomic E-state index is 11.2. The Hall–Kier alpha value is -1.72. The minimum Gasteiger partial charge on any atom is -0.478 e. The number of carbonyl (C=O) groups is 1. The zero-order valence-electron chi connectivity index (χ0n) is 11.4. The first-order chi connectivity index (χ1) is 10.2. The highest BCUT2D eigenvalue weighted by molar-refractivity contribution is 8.04. The van der Waals surface area contributed by atoms with Crippen molar-refractivity contribution < 1.29 is 19.7 Å². The minimum absolute atomic E-state index is 0.0253. The van der Waals surface area contributed by atoms with Crippen LogP contribution in [0.15, 0.2) is 57.9 Å². The molecule has 0 bridgehead atoms. The van der Waals surface area contributed by atoms with E-state index in [1.807, 2.05) is 12.2 Å². The van der Waals surface area contributed by atoms with Crippen LogP contribution in [0, 0.1) is 0 Å². The van der Waals surface area contributed by atoms with Gasteiger partial charge in [-0.3, -0.25) is 0 Å². The lowest BCUT2D eigenvalue weighted by Gasteiger charge is -2.19. The van der Waals surface area contributed by atoms with Crippen LogP contribution in [0.1, 0.15) is 19.3 Å². The van der Waals surface area contributed by atoms with E-state index in [4.69, 9.17) is 9.84 Å². The van der Waals surface area contributed by atoms with Crippen LogP contribution in [0.25, 0.3) is 0 Å². The molecule has 3 rings (SSSR count). The fraction of sp³-hybridized carbons (Fsp3) is 0.312. The number of ether oxygens (including phenoxy) is 1. The lowest BCUT2D eigenvalue weighted by molar-refractivity contribution is -0.132. The summed E-state index contributed by atoms with van der Waals surface area (Å²) < 4.78 is 5.97. The Morgan fingerprint density at radius 3 is 3.05 bits per heavy atom. The molecule has 0 aromatic heterocycles. The number of carboxylic acid groups (broad SMARTS) is 1. The van der Waals surface area contributed by atoms with Gasteiger partial charge in [-0.15, -0.1) is 11.8 Å². The number of aliphatic carboxylic acids is 1. The van der Waals surface area contributed by atoms with Crippen molar-refractivity contribution in [3.05, 3.63) is 57.9 Å². The van der Waals surface area contributed by atoms with Crippen molar-refractivity contribution in [2.24, 2.45) is 0 Å². The molecule has 0 aromatic rings. The third kappa shape index (κ3) is 2.84. The monoisotopic (exact) mass is 304 g/mol. The van der Waals surface area contributed by atoms with Crippen molar-refractivity contribution >= 4 is 17.7 Å².